The van der Waals surface area contributed by atoms with Crippen molar-refractivity contribution in [2.45, 2.75) is 19.0 Å². The number of methoxy groups -OCH3 is 1. The summed E-state index contributed by atoms with van der Waals surface area (Å²) in [6, 6.07) is 18.8. The summed E-state index contributed by atoms with van der Waals surface area (Å²) >= 11 is 0. The summed E-state index contributed by atoms with van der Waals surface area (Å²) in [7, 11) is 1.59. The normalized spacial score (nSPS) is 17.7. The molecule has 2 aromatic rings. The third kappa shape index (κ3) is 3.64. The first-order valence-corrected chi connectivity index (χ1v) is 7.90. The van der Waals surface area contributed by atoms with Crippen molar-refractivity contribution >= 4 is 5.69 Å². The molecule has 23 heavy (non-hydrogen) atoms. The number of nitrogens with one attached hydrogen (secondary N) is 1. The highest BCUT2D eigenvalue weighted by Gasteiger charge is 2.23. The molecule has 0 aliphatic carbocycles. The van der Waals surface area contributed by atoms with Gasteiger partial charge in [-0.2, -0.15) is 5.26 Å². The van der Waals surface area contributed by atoms with Gasteiger partial charge in [0.2, 0.25) is 0 Å². The molecular formula is C19H21N3O. The third-order valence-electron chi connectivity index (χ3n) is 4.24. The Balaban J connectivity index is 1.63. The summed E-state index contributed by atoms with van der Waals surface area (Å²) in [4.78, 5) is 2.44. The maximum absolute atomic E-state index is 9.37. The SMILES string of the molecule is COc1cccc(NC2CCN(Cc3ccccc3)C2)c1C#N. The predicted octanol–water partition coefficient (Wildman–Crippen LogP) is 3.25. The molecule has 0 amide bonds. The molecule has 4 heteroatoms. The minimum atomic E-state index is 0.359. The van der Waals surface area contributed by atoms with Crippen molar-refractivity contribution in [2.24, 2.45) is 0 Å². The molecule has 1 saturated heterocycles. The first kappa shape index (κ1) is 15.4. The van der Waals surface area contributed by atoms with E-state index in [0.29, 0.717) is 17.4 Å². The first-order chi connectivity index (χ1) is 11.3. The lowest BCUT2D eigenvalue weighted by atomic mass is 10.1. The number of likely N-dealkylation sites (tertiary alicyclic amines) is 1. The number of rotatable bonds is 5. The third-order valence-corrected chi connectivity index (χ3v) is 4.24. The van der Waals surface area contributed by atoms with Gasteiger partial charge in [-0.1, -0.05) is 36.4 Å². The number of hydrogen-bond acceptors (Lipinski definition) is 4. The van der Waals surface area contributed by atoms with Crippen LogP contribution in [0.2, 0.25) is 0 Å². The van der Waals surface area contributed by atoms with Crippen molar-refractivity contribution in [1.82, 2.24) is 4.90 Å². The number of benzene rings is 2. The van der Waals surface area contributed by atoms with Gasteiger partial charge in [0.1, 0.15) is 17.4 Å². The van der Waals surface area contributed by atoms with Crippen molar-refractivity contribution < 1.29 is 4.74 Å². The van der Waals surface area contributed by atoms with Crippen LogP contribution in [0.4, 0.5) is 5.69 Å². The molecule has 1 N–H and O–H groups in total. The molecule has 4 nitrogen and oxygen atoms in total. The summed E-state index contributed by atoms with van der Waals surface area (Å²) in [5.74, 6) is 0.622. The highest BCUT2D eigenvalue weighted by molar-refractivity contribution is 5.64. The highest BCUT2D eigenvalue weighted by Crippen LogP contribution is 2.27. The fourth-order valence-corrected chi connectivity index (χ4v) is 3.09. The molecule has 118 valence electrons. The van der Waals surface area contributed by atoms with Gasteiger partial charge in [0.15, 0.2) is 0 Å². The van der Waals surface area contributed by atoms with E-state index in [2.05, 4.69) is 40.6 Å². The Bertz CT molecular complexity index is 694. The second-order valence-corrected chi connectivity index (χ2v) is 5.85. The van der Waals surface area contributed by atoms with Gasteiger partial charge in [0.25, 0.3) is 0 Å². The van der Waals surface area contributed by atoms with Crippen LogP contribution in [-0.2, 0) is 6.54 Å². The van der Waals surface area contributed by atoms with E-state index in [-0.39, 0.29) is 0 Å². The van der Waals surface area contributed by atoms with Crippen LogP contribution in [0.25, 0.3) is 0 Å². The van der Waals surface area contributed by atoms with E-state index >= 15 is 0 Å². The van der Waals surface area contributed by atoms with Crippen LogP contribution in [0.15, 0.2) is 48.5 Å². The Morgan fingerprint density at radius 3 is 2.78 bits per heavy atom. The Kier molecular flexibility index (Phi) is 4.80. The van der Waals surface area contributed by atoms with Gasteiger partial charge in [-0.15, -0.1) is 0 Å². The topological polar surface area (TPSA) is 48.3 Å². The van der Waals surface area contributed by atoms with E-state index in [1.54, 1.807) is 7.11 Å². The number of hydrogen-bond donors (Lipinski definition) is 1. The maximum atomic E-state index is 9.37. The molecule has 1 aliphatic heterocycles. The van der Waals surface area contributed by atoms with Crippen molar-refractivity contribution in [2.75, 3.05) is 25.5 Å². The van der Waals surface area contributed by atoms with Crippen molar-refractivity contribution in [1.29, 1.82) is 5.26 Å². The zero-order valence-corrected chi connectivity index (χ0v) is 13.3. The van der Waals surface area contributed by atoms with E-state index in [9.17, 15) is 5.26 Å². The van der Waals surface area contributed by atoms with Crippen LogP contribution in [0.5, 0.6) is 5.75 Å². The van der Waals surface area contributed by atoms with Gasteiger partial charge in [0, 0.05) is 25.7 Å². The molecule has 2 aromatic carbocycles. The van der Waals surface area contributed by atoms with Gasteiger partial charge in [-0.05, 0) is 24.1 Å². The summed E-state index contributed by atoms with van der Waals surface area (Å²) in [6.07, 6.45) is 1.08. The Morgan fingerprint density at radius 2 is 2.04 bits per heavy atom. The lowest BCUT2D eigenvalue weighted by molar-refractivity contribution is 0.328. The van der Waals surface area contributed by atoms with Crippen LogP contribution in [0, 0.1) is 11.3 Å². The average molecular weight is 307 g/mol. The number of nitrogens with zero attached hydrogens (tertiary/aromatic N) is 2. The van der Waals surface area contributed by atoms with Crippen LogP contribution < -0.4 is 10.1 Å². The zero-order chi connectivity index (χ0) is 16.1. The molecule has 3 rings (SSSR count). The van der Waals surface area contributed by atoms with Gasteiger partial charge >= 0.3 is 0 Å². The molecule has 1 aliphatic rings. The second kappa shape index (κ2) is 7.17. The minimum absolute atomic E-state index is 0.359. The molecule has 0 saturated carbocycles. The molecule has 0 bridgehead atoms. The fraction of sp³-hybridized carbons (Fsp3) is 0.316. The van der Waals surface area contributed by atoms with Crippen molar-refractivity contribution in [3.05, 3.63) is 59.7 Å². The van der Waals surface area contributed by atoms with E-state index in [4.69, 9.17) is 4.74 Å². The fourth-order valence-electron chi connectivity index (χ4n) is 3.09. The largest absolute Gasteiger partial charge is 0.495 e. The lowest BCUT2D eigenvalue weighted by Gasteiger charge is -2.18. The molecular weight excluding hydrogens is 286 g/mol. The number of ether oxygens (including phenoxy) is 1. The number of anilines is 1. The summed E-state index contributed by atoms with van der Waals surface area (Å²) in [5.41, 5.74) is 2.78. The summed E-state index contributed by atoms with van der Waals surface area (Å²) in [6.45, 7) is 3.03. The van der Waals surface area contributed by atoms with Gasteiger partial charge in [0.05, 0.1) is 12.8 Å². The van der Waals surface area contributed by atoms with Crippen molar-refractivity contribution in [3.8, 4) is 11.8 Å². The van der Waals surface area contributed by atoms with Crippen LogP contribution >= 0.6 is 0 Å². The monoisotopic (exact) mass is 307 g/mol. The first-order valence-electron chi connectivity index (χ1n) is 7.90. The Hall–Kier alpha value is -2.51. The van der Waals surface area contributed by atoms with Gasteiger partial charge < -0.3 is 10.1 Å². The van der Waals surface area contributed by atoms with Gasteiger partial charge in [-0.3, -0.25) is 4.90 Å². The molecule has 0 spiro atoms. The Morgan fingerprint density at radius 1 is 1.22 bits per heavy atom. The van der Waals surface area contributed by atoms with Crippen LogP contribution in [-0.4, -0.2) is 31.1 Å². The van der Waals surface area contributed by atoms with Crippen molar-refractivity contribution in [3.63, 3.8) is 0 Å². The van der Waals surface area contributed by atoms with Crippen LogP contribution in [0.1, 0.15) is 17.5 Å². The Labute approximate surface area is 137 Å². The van der Waals surface area contributed by atoms with E-state index in [1.165, 1.54) is 5.56 Å². The molecule has 1 unspecified atom stereocenters. The molecule has 1 atom stereocenters. The summed E-state index contributed by atoms with van der Waals surface area (Å²) < 4.78 is 5.27. The standard InChI is InChI=1S/C19H21N3O/c1-23-19-9-5-8-18(17(19)12-20)21-16-10-11-22(14-16)13-15-6-3-2-4-7-15/h2-9,16,21H,10-11,13-14H2,1H3. The molecule has 1 fully saturated rings. The van der Waals surface area contributed by atoms with Gasteiger partial charge in [-0.25, -0.2) is 0 Å². The highest BCUT2D eigenvalue weighted by atomic mass is 16.5. The second-order valence-electron chi connectivity index (χ2n) is 5.85. The van der Waals surface area contributed by atoms with E-state index in [1.807, 2.05) is 24.3 Å². The zero-order valence-electron chi connectivity index (χ0n) is 13.3. The van der Waals surface area contributed by atoms with E-state index < -0.39 is 0 Å². The smallest absolute Gasteiger partial charge is 0.138 e. The number of nitriles is 1. The lowest BCUT2D eigenvalue weighted by Crippen LogP contribution is -2.26. The average Bonchev–Trinajstić information content (AvgIpc) is 3.02. The quantitative estimate of drug-likeness (QED) is 0.921. The molecule has 0 radical (unpaired) electrons. The predicted molar refractivity (Wildman–Crippen MR) is 91.5 cm³/mol. The maximum Gasteiger partial charge on any atom is 0.138 e. The molecule has 0 aromatic heterocycles. The summed E-state index contributed by atoms with van der Waals surface area (Å²) in [5, 5.41) is 12.9. The molecule has 1 heterocycles. The minimum Gasteiger partial charge on any atom is -0.495 e. The van der Waals surface area contributed by atoms with Crippen LogP contribution in [0.3, 0.4) is 0 Å². The van der Waals surface area contributed by atoms with E-state index in [0.717, 1.165) is 31.7 Å².